The molecule has 1 aliphatic heterocycles. The van der Waals surface area contributed by atoms with Crippen LogP contribution in [0.15, 0.2) is 42.3 Å². The number of ether oxygens (including phenoxy) is 3. The number of nitrogens with one attached hydrogen (secondary N) is 3. The summed E-state index contributed by atoms with van der Waals surface area (Å²) >= 11 is 1.52. The number of hydrogen-bond acceptors (Lipinski definition) is 11. The molecule has 0 unspecified atom stereocenters. The van der Waals surface area contributed by atoms with Crippen molar-refractivity contribution in [3.05, 3.63) is 42.3 Å². The van der Waals surface area contributed by atoms with Gasteiger partial charge in [-0.05, 0) is 62.5 Å². The first-order chi connectivity index (χ1) is 27.3. The van der Waals surface area contributed by atoms with E-state index in [9.17, 15) is 24.3 Å². The van der Waals surface area contributed by atoms with Crippen molar-refractivity contribution in [2.45, 2.75) is 127 Å². The number of amides is 3. The Hall–Kier alpha value is -4.92. The third-order valence-corrected chi connectivity index (χ3v) is 12.6. The minimum atomic E-state index is -1.51. The Balaban J connectivity index is 1.18. The summed E-state index contributed by atoms with van der Waals surface area (Å²) in [5.41, 5.74) is -0.401. The Morgan fingerprint density at radius 3 is 2.42 bits per heavy atom. The molecule has 0 radical (unpaired) electrons. The number of alkyl carbamates (subject to hydrolysis) is 1. The van der Waals surface area contributed by atoms with E-state index in [4.69, 9.17) is 24.2 Å². The van der Waals surface area contributed by atoms with E-state index in [1.165, 1.54) is 41.6 Å². The van der Waals surface area contributed by atoms with Gasteiger partial charge in [-0.25, -0.2) is 19.6 Å². The highest BCUT2D eigenvalue weighted by Gasteiger charge is 2.61. The standard InChI is InChI=1S/C42H54N6O8S/c1-6-24-21-42(24,38(51)52)47-36(49)33-19-28(22-48(33)37(50)35(41(2,3)4)46-40(53)56-26-14-10-11-15-26)55-34-20-31(44-30-18-27(54-5)16-17-29(30)34)32-23-57-39(45-32)43-25-12-8-7-9-13-25/h6,16-18,20,23-26,28,33,35H,1,7-15,19,21-22H2,2-5H3,(H,43,45)(H,46,53)(H,47,49)(H,51,52)/t24-,28-,33+,35-,42-/m1/s1. The Kier molecular flexibility index (Phi) is 11.7. The number of aliphatic carboxylic acids is 1. The SMILES string of the molecule is C=C[C@@H]1C[C@]1(NC(=O)[C@@H]1C[C@@H](Oc2cc(-c3csc(NC4CCCCC4)n3)nc3cc(OC)ccc23)CN1C(=O)[C@@H](NC(=O)OC1CCCC1)C(C)(C)C)C(=O)O. The lowest BCUT2D eigenvalue weighted by Crippen LogP contribution is -2.59. The minimum absolute atomic E-state index is 0.00469. The molecule has 57 heavy (non-hydrogen) atoms. The molecule has 2 aromatic heterocycles. The van der Waals surface area contributed by atoms with Crippen LogP contribution in [0.3, 0.4) is 0 Å². The van der Waals surface area contributed by atoms with Crippen molar-refractivity contribution in [2.24, 2.45) is 11.3 Å². The fourth-order valence-corrected chi connectivity index (χ4v) is 9.19. The molecule has 5 atom stereocenters. The Morgan fingerprint density at radius 1 is 1.02 bits per heavy atom. The number of carbonyl (C=O) groups excluding carboxylic acids is 3. The molecule has 1 aromatic carbocycles. The van der Waals surface area contributed by atoms with E-state index >= 15 is 0 Å². The number of thiazole rings is 1. The first-order valence-corrected chi connectivity index (χ1v) is 21.0. The highest BCUT2D eigenvalue weighted by Crippen LogP contribution is 2.45. The number of carboxylic acid groups (broad SMARTS) is 1. The number of methoxy groups -OCH3 is 1. The lowest BCUT2D eigenvalue weighted by atomic mass is 9.85. The molecule has 3 amide bonds. The van der Waals surface area contributed by atoms with Gasteiger partial charge in [0.05, 0.1) is 24.9 Å². The lowest BCUT2D eigenvalue weighted by molar-refractivity contribution is -0.146. The zero-order valence-corrected chi connectivity index (χ0v) is 34.0. The van der Waals surface area contributed by atoms with Crippen LogP contribution in [0.2, 0.25) is 0 Å². The predicted octanol–water partition coefficient (Wildman–Crippen LogP) is 6.69. The number of carbonyl (C=O) groups is 4. The van der Waals surface area contributed by atoms with Crippen LogP contribution in [-0.2, 0) is 19.1 Å². The molecule has 3 heterocycles. The number of hydrogen-bond donors (Lipinski definition) is 4. The number of pyridine rings is 1. The molecule has 0 spiro atoms. The zero-order valence-electron chi connectivity index (χ0n) is 33.2. The second kappa shape index (κ2) is 16.5. The highest BCUT2D eigenvalue weighted by molar-refractivity contribution is 7.14. The van der Waals surface area contributed by atoms with Gasteiger partial charge in [0.15, 0.2) is 5.13 Å². The topological polar surface area (TPSA) is 181 Å². The van der Waals surface area contributed by atoms with Crippen molar-refractivity contribution in [1.82, 2.24) is 25.5 Å². The van der Waals surface area contributed by atoms with E-state index < -0.39 is 58.9 Å². The predicted molar refractivity (Wildman–Crippen MR) is 216 cm³/mol. The number of anilines is 1. The fourth-order valence-electron chi connectivity index (χ4n) is 8.41. The maximum absolute atomic E-state index is 14.6. The molecular formula is C42H54N6O8S. The van der Waals surface area contributed by atoms with E-state index in [0.717, 1.165) is 43.7 Å². The Morgan fingerprint density at radius 2 is 1.75 bits per heavy atom. The van der Waals surface area contributed by atoms with Crippen molar-refractivity contribution in [1.29, 1.82) is 0 Å². The lowest BCUT2D eigenvalue weighted by Gasteiger charge is -2.35. The van der Waals surface area contributed by atoms with Gasteiger partial charge in [0, 0.05) is 41.3 Å². The van der Waals surface area contributed by atoms with Crippen LogP contribution in [0.25, 0.3) is 22.3 Å². The molecule has 4 fully saturated rings. The quantitative estimate of drug-likeness (QED) is 0.135. The van der Waals surface area contributed by atoms with Crippen LogP contribution in [-0.4, -0.2) is 93.4 Å². The summed E-state index contributed by atoms with van der Waals surface area (Å²) in [4.78, 5) is 65.6. The molecule has 4 aliphatic rings. The van der Waals surface area contributed by atoms with Gasteiger partial charge in [-0.3, -0.25) is 9.59 Å². The summed E-state index contributed by atoms with van der Waals surface area (Å²) in [6, 6.07) is 5.55. The second-order valence-electron chi connectivity index (χ2n) is 17.0. The van der Waals surface area contributed by atoms with E-state index in [1.54, 1.807) is 7.11 Å². The summed E-state index contributed by atoms with van der Waals surface area (Å²) in [6.07, 6.45) is 9.57. The number of nitrogens with zero attached hydrogens (tertiary/aromatic N) is 3. The Bertz CT molecular complexity index is 2000. The van der Waals surface area contributed by atoms with Crippen LogP contribution in [0.1, 0.15) is 91.4 Å². The fraction of sp³-hybridized carbons (Fsp3) is 0.571. The maximum Gasteiger partial charge on any atom is 0.408 e. The molecule has 0 bridgehead atoms. The Labute approximate surface area is 337 Å². The highest BCUT2D eigenvalue weighted by atomic mass is 32.1. The molecule has 1 saturated heterocycles. The minimum Gasteiger partial charge on any atom is -0.497 e. The van der Waals surface area contributed by atoms with Crippen LogP contribution < -0.4 is 25.4 Å². The van der Waals surface area contributed by atoms with E-state index in [2.05, 4.69) is 22.5 Å². The zero-order chi connectivity index (χ0) is 40.5. The molecule has 15 heteroatoms. The monoisotopic (exact) mass is 802 g/mol. The summed E-state index contributed by atoms with van der Waals surface area (Å²) in [7, 11) is 1.59. The van der Waals surface area contributed by atoms with Gasteiger partial charge >= 0.3 is 12.1 Å². The van der Waals surface area contributed by atoms with Crippen LogP contribution in [0.5, 0.6) is 11.5 Å². The van der Waals surface area contributed by atoms with Gasteiger partial charge in [-0.2, -0.15) is 0 Å². The number of likely N-dealkylation sites (tertiary alicyclic amines) is 1. The van der Waals surface area contributed by atoms with Crippen molar-refractivity contribution in [3.8, 4) is 22.9 Å². The van der Waals surface area contributed by atoms with E-state index in [-0.39, 0.29) is 25.5 Å². The summed E-state index contributed by atoms with van der Waals surface area (Å²) in [5, 5.41) is 22.7. The smallest absolute Gasteiger partial charge is 0.408 e. The number of benzene rings is 1. The van der Waals surface area contributed by atoms with Gasteiger partial charge in [-0.15, -0.1) is 17.9 Å². The number of aromatic nitrogens is 2. The van der Waals surface area contributed by atoms with Crippen LogP contribution in [0, 0.1) is 11.3 Å². The maximum atomic E-state index is 14.6. The third-order valence-electron chi connectivity index (χ3n) is 11.8. The summed E-state index contributed by atoms with van der Waals surface area (Å²) < 4.78 is 17.9. The van der Waals surface area contributed by atoms with Crippen LogP contribution >= 0.6 is 11.3 Å². The molecule has 14 nitrogen and oxygen atoms in total. The normalized spacial score (nSPS) is 24.4. The molecule has 7 rings (SSSR count). The van der Waals surface area contributed by atoms with Crippen molar-refractivity contribution < 1.29 is 38.5 Å². The van der Waals surface area contributed by atoms with Crippen molar-refractivity contribution in [2.75, 3.05) is 19.0 Å². The molecular weight excluding hydrogens is 749 g/mol. The van der Waals surface area contributed by atoms with E-state index in [0.29, 0.717) is 39.8 Å². The average Bonchev–Trinajstić information content (AvgIpc) is 3.60. The molecule has 3 aromatic rings. The largest absolute Gasteiger partial charge is 0.497 e. The van der Waals surface area contributed by atoms with Gasteiger partial charge in [0.1, 0.15) is 47.0 Å². The average molecular weight is 803 g/mol. The van der Waals surface area contributed by atoms with Gasteiger partial charge < -0.3 is 40.2 Å². The molecule has 3 aliphatic carbocycles. The number of rotatable bonds is 13. The summed E-state index contributed by atoms with van der Waals surface area (Å²) in [5.74, 6) is -1.64. The molecule has 3 saturated carbocycles. The van der Waals surface area contributed by atoms with Crippen molar-refractivity contribution >= 4 is 51.2 Å². The number of fused-ring (bicyclic) bond motifs is 1. The second-order valence-corrected chi connectivity index (χ2v) is 17.8. The first-order valence-electron chi connectivity index (χ1n) is 20.1. The van der Waals surface area contributed by atoms with Crippen LogP contribution in [0.4, 0.5) is 9.93 Å². The number of carboxylic acids is 1. The van der Waals surface area contributed by atoms with E-state index in [1.807, 2.05) is 50.4 Å². The summed E-state index contributed by atoms with van der Waals surface area (Å²) in [6.45, 7) is 9.23. The third kappa shape index (κ3) is 8.82. The molecule has 306 valence electrons. The first kappa shape index (κ1) is 40.3. The van der Waals surface area contributed by atoms with Gasteiger partial charge in [0.25, 0.3) is 0 Å². The van der Waals surface area contributed by atoms with Gasteiger partial charge in [0.2, 0.25) is 11.8 Å². The molecule has 4 N–H and O–H groups in total. The van der Waals surface area contributed by atoms with Gasteiger partial charge in [-0.1, -0.05) is 46.1 Å². The van der Waals surface area contributed by atoms with Crippen molar-refractivity contribution in [3.63, 3.8) is 0 Å².